The minimum Gasteiger partial charge on any atom is -0.478 e. The average Bonchev–Trinajstić information content (AvgIpc) is 3.09. The molecule has 0 spiro atoms. The molecule has 1 aromatic carbocycles. The van der Waals surface area contributed by atoms with Crippen molar-refractivity contribution < 1.29 is 27.8 Å². The van der Waals surface area contributed by atoms with E-state index < -0.39 is 23.3 Å². The third-order valence-corrected chi connectivity index (χ3v) is 4.18. The van der Waals surface area contributed by atoms with Crippen LogP contribution in [0.2, 0.25) is 0 Å². The van der Waals surface area contributed by atoms with Crippen LogP contribution >= 0.6 is 11.3 Å². The van der Waals surface area contributed by atoms with Crippen molar-refractivity contribution in [3.63, 3.8) is 0 Å². The summed E-state index contributed by atoms with van der Waals surface area (Å²) in [5.74, 6) is -1.65. The monoisotopic (exact) mass is 396 g/mol. The fourth-order valence-electron chi connectivity index (χ4n) is 2.18. The number of carboxylic acids is 1. The number of aromatic carboxylic acids is 1. The lowest BCUT2D eigenvalue weighted by atomic mass is 10.1. The van der Waals surface area contributed by atoms with Crippen LogP contribution in [0, 0.1) is 0 Å². The molecule has 0 aliphatic heterocycles. The zero-order valence-corrected chi connectivity index (χ0v) is 14.4. The number of carboxylic acid groups (broad SMARTS) is 1. The van der Waals surface area contributed by atoms with Gasteiger partial charge in [-0.1, -0.05) is 0 Å². The summed E-state index contributed by atoms with van der Waals surface area (Å²) < 4.78 is 44.1. The molecule has 3 aromatic rings. The van der Waals surface area contributed by atoms with Crippen LogP contribution in [0.15, 0.2) is 36.0 Å². The topological polar surface area (TPSA) is 97.2 Å². The molecule has 0 amide bonds. The lowest BCUT2D eigenvalue weighted by Gasteiger charge is -2.12. The summed E-state index contributed by atoms with van der Waals surface area (Å²) in [6, 6.07) is 3.09. The van der Waals surface area contributed by atoms with Gasteiger partial charge in [-0.15, -0.1) is 11.3 Å². The summed E-state index contributed by atoms with van der Waals surface area (Å²) in [6.07, 6.45) is -1.78. The van der Waals surface area contributed by atoms with Crippen molar-refractivity contribution in [2.45, 2.75) is 6.18 Å². The Hall–Kier alpha value is -3.21. The Labute approximate surface area is 154 Å². The lowest BCUT2D eigenvalue weighted by molar-refractivity contribution is -0.138. The van der Waals surface area contributed by atoms with E-state index in [1.807, 2.05) is 0 Å². The van der Waals surface area contributed by atoms with Crippen LogP contribution in [-0.2, 0) is 6.18 Å². The van der Waals surface area contributed by atoms with Crippen molar-refractivity contribution in [3.05, 3.63) is 47.1 Å². The zero-order chi connectivity index (χ0) is 19.6. The molecule has 0 bridgehead atoms. The van der Waals surface area contributed by atoms with Crippen LogP contribution in [0.25, 0.3) is 11.3 Å². The summed E-state index contributed by atoms with van der Waals surface area (Å²) in [6.45, 7) is 0. The highest BCUT2D eigenvalue weighted by molar-refractivity contribution is 7.14. The van der Waals surface area contributed by atoms with Crippen molar-refractivity contribution in [2.75, 3.05) is 12.4 Å². The Morgan fingerprint density at radius 1 is 1.26 bits per heavy atom. The van der Waals surface area contributed by atoms with Gasteiger partial charge in [-0.25, -0.2) is 19.7 Å². The average molecular weight is 396 g/mol. The largest absolute Gasteiger partial charge is 0.478 e. The van der Waals surface area contributed by atoms with Crippen molar-refractivity contribution in [1.29, 1.82) is 0 Å². The molecule has 2 N–H and O–H groups in total. The lowest BCUT2D eigenvalue weighted by Crippen LogP contribution is -2.13. The molecule has 3 rings (SSSR count). The van der Waals surface area contributed by atoms with E-state index in [0.29, 0.717) is 16.4 Å². The number of hydrogen-bond acceptors (Lipinski definition) is 7. The van der Waals surface area contributed by atoms with Gasteiger partial charge < -0.3 is 15.2 Å². The molecule has 0 aliphatic carbocycles. The molecule has 0 saturated carbocycles. The molecule has 0 fully saturated rings. The van der Waals surface area contributed by atoms with Gasteiger partial charge in [0.1, 0.15) is 0 Å². The Morgan fingerprint density at radius 2 is 1.96 bits per heavy atom. The molecule has 7 nitrogen and oxygen atoms in total. The number of halogens is 3. The van der Waals surface area contributed by atoms with E-state index in [0.717, 1.165) is 12.1 Å². The van der Waals surface area contributed by atoms with Gasteiger partial charge in [-0.2, -0.15) is 13.2 Å². The van der Waals surface area contributed by atoms with Gasteiger partial charge in [0.2, 0.25) is 0 Å². The van der Waals surface area contributed by atoms with Crippen LogP contribution in [0.5, 0.6) is 6.01 Å². The van der Waals surface area contributed by atoms with Gasteiger partial charge in [0, 0.05) is 29.0 Å². The normalized spacial score (nSPS) is 11.3. The number of alkyl halides is 3. The number of ether oxygens (including phenoxy) is 1. The molecule has 0 saturated heterocycles. The van der Waals surface area contributed by atoms with Crippen LogP contribution < -0.4 is 10.1 Å². The number of thiazole rings is 1. The predicted molar refractivity (Wildman–Crippen MR) is 91.4 cm³/mol. The summed E-state index contributed by atoms with van der Waals surface area (Å²) in [5, 5.41) is 13.7. The van der Waals surface area contributed by atoms with E-state index >= 15 is 0 Å². The van der Waals surface area contributed by atoms with E-state index in [9.17, 15) is 18.0 Å². The van der Waals surface area contributed by atoms with Crippen LogP contribution in [0.3, 0.4) is 0 Å². The number of nitrogens with zero attached hydrogens (tertiary/aromatic N) is 3. The van der Waals surface area contributed by atoms with Crippen molar-refractivity contribution >= 4 is 28.1 Å². The highest BCUT2D eigenvalue weighted by atomic mass is 32.1. The summed E-state index contributed by atoms with van der Waals surface area (Å²) in [4.78, 5) is 23.2. The molecule has 140 valence electrons. The third kappa shape index (κ3) is 4.14. The second-order valence-electron chi connectivity index (χ2n) is 5.18. The summed E-state index contributed by atoms with van der Waals surface area (Å²) in [7, 11) is 1.44. The molecule has 2 heterocycles. The third-order valence-electron chi connectivity index (χ3n) is 3.42. The second kappa shape index (κ2) is 7.19. The summed E-state index contributed by atoms with van der Waals surface area (Å²) in [5.41, 5.74) is -0.844. The number of anilines is 2. The zero-order valence-electron chi connectivity index (χ0n) is 13.6. The number of carbonyl (C=O) groups is 1. The molecule has 0 unspecified atom stereocenters. The number of methoxy groups -OCH3 is 1. The van der Waals surface area contributed by atoms with Crippen molar-refractivity contribution in [3.8, 4) is 17.3 Å². The molecular weight excluding hydrogens is 385 g/mol. The van der Waals surface area contributed by atoms with Gasteiger partial charge in [-0.05, 0) is 18.2 Å². The first-order valence-corrected chi connectivity index (χ1v) is 8.19. The summed E-state index contributed by atoms with van der Waals surface area (Å²) >= 11 is 1.17. The maximum Gasteiger partial charge on any atom is 0.417 e. The highest BCUT2D eigenvalue weighted by Crippen LogP contribution is 2.35. The van der Waals surface area contributed by atoms with Crippen LogP contribution in [0.1, 0.15) is 15.9 Å². The number of nitrogens with one attached hydrogen (secondary N) is 1. The number of rotatable bonds is 5. The van der Waals surface area contributed by atoms with Crippen molar-refractivity contribution in [2.24, 2.45) is 0 Å². The van der Waals surface area contributed by atoms with E-state index in [-0.39, 0.29) is 11.7 Å². The van der Waals surface area contributed by atoms with Crippen LogP contribution in [-0.4, -0.2) is 33.1 Å². The minimum absolute atomic E-state index is 0.0687. The first-order chi connectivity index (χ1) is 12.8. The standard InChI is InChI=1S/C16H11F3N4O3S/c1-26-14-20-5-8(6-21-14)12-7-27-15(23-12)22-9-2-3-10(13(24)25)11(4-9)16(17,18)19/h2-7H,1H3,(H,22,23)(H,24,25). The first kappa shape index (κ1) is 18.6. The predicted octanol–water partition coefficient (Wildman–Crippen LogP) is 4.07. The molecule has 27 heavy (non-hydrogen) atoms. The van der Waals surface area contributed by atoms with E-state index in [4.69, 9.17) is 9.84 Å². The highest BCUT2D eigenvalue weighted by Gasteiger charge is 2.35. The van der Waals surface area contributed by atoms with E-state index in [2.05, 4.69) is 20.3 Å². The van der Waals surface area contributed by atoms with Gasteiger partial charge in [0.15, 0.2) is 5.13 Å². The Morgan fingerprint density at radius 3 is 2.56 bits per heavy atom. The van der Waals surface area contributed by atoms with E-state index in [1.54, 1.807) is 5.38 Å². The SMILES string of the molecule is COc1ncc(-c2csc(Nc3ccc(C(=O)O)c(C(F)(F)F)c3)n2)cn1. The number of benzene rings is 1. The molecule has 0 atom stereocenters. The van der Waals surface area contributed by atoms with Crippen LogP contribution in [0.4, 0.5) is 24.0 Å². The quantitative estimate of drug-likeness (QED) is 0.671. The minimum atomic E-state index is -4.79. The molecular formula is C16H11F3N4O3S. The van der Waals surface area contributed by atoms with Gasteiger partial charge >= 0.3 is 18.2 Å². The molecule has 2 aromatic heterocycles. The second-order valence-corrected chi connectivity index (χ2v) is 6.04. The Bertz CT molecular complexity index is 974. The fraction of sp³-hybridized carbons (Fsp3) is 0.125. The number of aromatic nitrogens is 3. The Kier molecular flexibility index (Phi) is 4.95. The first-order valence-electron chi connectivity index (χ1n) is 7.31. The fourth-order valence-corrected chi connectivity index (χ4v) is 2.92. The number of hydrogen-bond donors (Lipinski definition) is 2. The van der Waals surface area contributed by atoms with Crippen molar-refractivity contribution in [1.82, 2.24) is 15.0 Å². The van der Waals surface area contributed by atoms with Gasteiger partial charge in [0.05, 0.1) is 23.9 Å². The molecule has 11 heteroatoms. The maximum absolute atomic E-state index is 13.1. The Balaban J connectivity index is 1.85. The van der Waals surface area contributed by atoms with Gasteiger partial charge in [-0.3, -0.25) is 0 Å². The smallest absolute Gasteiger partial charge is 0.417 e. The van der Waals surface area contributed by atoms with Gasteiger partial charge in [0.25, 0.3) is 0 Å². The molecule has 0 aliphatic rings. The maximum atomic E-state index is 13.1. The van der Waals surface area contributed by atoms with E-state index in [1.165, 1.54) is 36.9 Å². The molecule has 0 radical (unpaired) electrons.